The number of nitrogens with one attached hydrogen (secondary N) is 1. The van der Waals surface area contributed by atoms with Gasteiger partial charge in [0, 0.05) is 23.3 Å². The number of aryl methyl sites for hydroxylation is 2. The Morgan fingerprint density at radius 3 is 2.82 bits per heavy atom. The largest absolute Gasteiger partial charge is 0.401 e. The van der Waals surface area contributed by atoms with Crippen LogP contribution >= 0.6 is 11.6 Å². The van der Waals surface area contributed by atoms with Gasteiger partial charge >= 0.3 is 6.01 Å². The standard InChI is InChI=1S/C14H12ClN5O2/c1-8-6-11(19-20(8)2)13-17-18-14(22-13)16-12(21)9-4-3-5-10(15)7-9/h3-7H,1-2H3,(H,16,18,21). The number of hydrogen-bond donors (Lipinski definition) is 1. The fourth-order valence-corrected chi connectivity index (χ4v) is 2.03. The molecule has 8 heteroatoms. The Morgan fingerprint density at radius 1 is 1.32 bits per heavy atom. The van der Waals surface area contributed by atoms with Crippen molar-refractivity contribution in [2.75, 3.05) is 5.32 Å². The normalized spacial score (nSPS) is 10.7. The Kier molecular flexibility index (Phi) is 3.64. The molecule has 0 unspecified atom stereocenters. The molecule has 0 radical (unpaired) electrons. The van der Waals surface area contributed by atoms with E-state index in [1.54, 1.807) is 28.9 Å². The van der Waals surface area contributed by atoms with Gasteiger partial charge in [0.15, 0.2) is 0 Å². The van der Waals surface area contributed by atoms with Gasteiger partial charge in [0.25, 0.3) is 11.8 Å². The fraction of sp³-hybridized carbons (Fsp3) is 0.143. The van der Waals surface area contributed by atoms with Crippen LogP contribution in [0.25, 0.3) is 11.6 Å². The molecule has 0 atom stereocenters. The van der Waals surface area contributed by atoms with Crippen molar-refractivity contribution in [3.05, 3.63) is 46.6 Å². The van der Waals surface area contributed by atoms with E-state index in [0.29, 0.717) is 16.3 Å². The Balaban J connectivity index is 1.78. The minimum atomic E-state index is -0.380. The van der Waals surface area contributed by atoms with E-state index in [0.717, 1.165) is 5.69 Å². The van der Waals surface area contributed by atoms with Crippen molar-refractivity contribution in [3.8, 4) is 11.6 Å². The van der Waals surface area contributed by atoms with Crippen LogP contribution in [0.3, 0.4) is 0 Å². The van der Waals surface area contributed by atoms with Crippen LogP contribution in [0.15, 0.2) is 34.7 Å². The topological polar surface area (TPSA) is 85.8 Å². The van der Waals surface area contributed by atoms with Crippen molar-refractivity contribution >= 4 is 23.5 Å². The summed E-state index contributed by atoms with van der Waals surface area (Å²) in [5.41, 5.74) is 1.91. The number of aromatic nitrogens is 4. The van der Waals surface area contributed by atoms with E-state index in [-0.39, 0.29) is 17.8 Å². The fourth-order valence-electron chi connectivity index (χ4n) is 1.84. The molecular weight excluding hydrogens is 306 g/mol. The molecule has 0 saturated heterocycles. The summed E-state index contributed by atoms with van der Waals surface area (Å²) < 4.78 is 7.10. The van der Waals surface area contributed by atoms with Crippen LogP contribution < -0.4 is 5.32 Å². The number of halogens is 1. The highest BCUT2D eigenvalue weighted by Gasteiger charge is 2.15. The molecule has 1 N–H and O–H groups in total. The molecule has 2 heterocycles. The van der Waals surface area contributed by atoms with E-state index in [9.17, 15) is 4.79 Å². The van der Waals surface area contributed by atoms with Crippen molar-refractivity contribution in [2.45, 2.75) is 6.92 Å². The van der Waals surface area contributed by atoms with Crippen LogP contribution in [0.4, 0.5) is 6.01 Å². The van der Waals surface area contributed by atoms with Crippen molar-refractivity contribution in [3.63, 3.8) is 0 Å². The second-order valence-corrected chi connectivity index (χ2v) is 5.11. The highest BCUT2D eigenvalue weighted by molar-refractivity contribution is 6.31. The van der Waals surface area contributed by atoms with Gasteiger partial charge in [-0.2, -0.15) is 5.10 Å². The number of anilines is 1. The average Bonchev–Trinajstić information content (AvgIpc) is 3.06. The number of carbonyl (C=O) groups excluding carboxylic acids is 1. The Bertz CT molecular complexity index is 820. The maximum atomic E-state index is 12.1. The molecule has 112 valence electrons. The zero-order valence-corrected chi connectivity index (χ0v) is 12.6. The van der Waals surface area contributed by atoms with Gasteiger partial charge in [-0.1, -0.05) is 22.8 Å². The molecule has 3 aromatic rings. The maximum Gasteiger partial charge on any atom is 0.322 e. The van der Waals surface area contributed by atoms with Gasteiger partial charge in [-0.3, -0.25) is 14.8 Å². The van der Waals surface area contributed by atoms with E-state index < -0.39 is 0 Å². The van der Waals surface area contributed by atoms with Crippen LogP contribution in [0.1, 0.15) is 16.1 Å². The molecular formula is C14H12ClN5O2. The third-order valence-corrected chi connectivity index (χ3v) is 3.30. The lowest BCUT2D eigenvalue weighted by atomic mass is 10.2. The lowest BCUT2D eigenvalue weighted by molar-refractivity contribution is 0.102. The number of nitrogens with zero attached hydrogens (tertiary/aromatic N) is 4. The molecule has 7 nitrogen and oxygen atoms in total. The summed E-state index contributed by atoms with van der Waals surface area (Å²) >= 11 is 5.85. The molecule has 2 aromatic heterocycles. The SMILES string of the molecule is Cc1cc(-c2nnc(NC(=O)c3cccc(Cl)c3)o2)nn1C. The maximum absolute atomic E-state index is 12.1. The summed E-state index contributed by atoms with van der Waals surface area (Å²) in [7, 11) is 1.82. The molecule has 0 fully saturated rings. The smallest absolute Gasteiger partial charge is 0.322 e. The van der Waals surface area contributed by atoms with Crippen LogP contribution in [0.2, 0.25) is 5.02 Å². The first-order valence-electron chi connectivity index (χ1n) is 6.44. The van der Waals surface area contributed by atoms with Crippen LogP contribution in [-0.2, 0) is 7.05 Å². The number of benzene rings is 1. The molecule has 0 aliphatic heterocycles. The van der Waals surface area contributed by atoms with Gasteiger partial charge in [0.1, 0.15) is 5.69 Å². The first kappa shape index (κ1) is 14.3. The molecule has 3 rings (SSSR count). The Hall–Kier alpha value is -2.67. The molecule has 1 aromatic carbocycles. The predicted octanol–water partition coefficient (Wildman–Crippen LogP) is 2.68. The van der Waals surface area contributed by atoms with Gasteiger partial charge in [-0.15, -0.1) is 5.10 Å². The van der Waals surface area contributed by atoms with Crippen molar-refractivity contribution in [2.24, 2.45) is 7.05 Å². The van der Waals surface area contributed by atoms with E-state index in [1.165, 1.54) is 0 Å². The number of carbonyl (C=O) groups is 1. The number of hydrogen-bond acceptors (Lipinski definition) is 5. The summed E-state index contributed by atoms with van der Waals surface area (Å²) in [4.78, 5) is 12.1. The van der Waals surface area contributed by atoms with Gasteiger partial charge < -0.3 is 4.42 Å². The van der Waals surface area contributed by atoms with Crippen LogP contribution in [-0.4, -0.2) is 25.9 Å². The lowest BCUT2D eigenvalue weighted by Gasteiger charge is -2.00. The first-order chi connectivity index (χ1) is 10.5. The predicted molar refractivity (Wildman–Crippen MR) is 80.6 cm³/mol. The molecule has 0 bridgehead atoms. The molecule has 0 aliphatic carbocycles. The summed E-state index contributed by atoms with van der Waals surface area (Å²) in [5, 5.41) is 14.9. The highest BCUT2D eigenvalue weighted by atomic mass is 35.5. The van der Waals surface area contributed by atoms with Gasteiger partial charge in [0.2, 0.25) is 0 Å². The summed E-state index contributed by atoms with van der Waals surface area (Å²) in [6.45, 7) is 1.91. The number of amides is 1. The van der Waals surface area contributed by atoms with E-state index in [4.69, 9.17) is 16.0 Å². The quantitative estimate of drug-likeness (QED) is 0.802. The van der Waals surface area contributed by atoms with Crippen molar-refractivity contribution in [1.29, 1.82) is 0 Å². The monoisotopic (exact) mass is 317 g/mol. The van der Waals surface area contributed by atoms with Crippen molar-refractivity contribution < 1.29 is 9.21 Å². The average molecular weight is 318 g/mol. The van der Waals surface area contributed by atoms with E-state index in [1.807, 2.05) is 20.0 Å². The second kappa shape index (κ2) is 5.61. The third-order valence-electron chi connectivity index (χ3n) is 3.07. The lowest BCUT2D eigenvalue weighted by Crippen LogP contribution is -2.11. The van der Waals surface area contributed by atoms with Crippen LogP contribution in [0.5, 0.6) is 0 Å². The van der Waals surface area contributed by atoms with Gasteiger partial charge in [-0.25, -0.2) is 0 Å². The number of rotatable bonds is 3. The molecule has 1 amide bonds. The minimum Gasteiger partial charge on any atom is -0.401 e. The molecule has 0 spiro atoms. The Labute approximate surface area is 130 Å². The third kappa shape index (κ3) is 2.84. The first-order valence-corrected chi connectivity index (χ1v) is 6.82. The minimum absolute atomic E-state index is 0.00304. The van der Waals surface area contributed by atoms with E-state index >= 15 is 0 Å². The Morgan fingerprint density at radius 2 is 2.14 bits per heavy atom. The molecule has 0 saturated carbocycles. The second-order valence-electron chi connectivity index (χ2n) is 4.67. The highest BCUT2D eigenvalue weighted by Crippen LogP contribution is 2.19. The summed E-state index contributed by atoms with van der Waals surface area (Å²) in [6, 6.07) is 8.38. The zero-order valence-electron chi connectivity index (χ0n) is 11.9. The summed E-state index contributed by atoms with van der Waals surface area (Å²) in [5.74, 6) is -0.139. The van der Waals surface area contributed by atoms with Gasteiger partial charge in [-0.05, 0) is 31.2 Å². The van der Waals surface area contributed by atoms with Crippen LogP contribution in [0, 0.1) is 6.92 Å². The summed E-state index contributed by atoms with van der Waals surface area (Å²) in [6.07, 6.45) is 0. The molecule has 0 aliphatic rings. The molecule has 22 heavy (non-hydrogen) atoms. The zero-order chi connectivity index (χ0) is 15.7. The van der Waals surface area contributed by atoms with Crippen molar-refractivity contribution in [1.82, 2.24) is 20.0 Å². The van der Waals surface area contributed by atoms with E-state index in [2.05, 4.69) is 20.6 Å². The van der Waals surface area contributed by atoms with Gasteiger partial charge in [0.05, 0.1) is 0 Å².